The van der Waals surface area contributed by atoms with E-state index in [1.54, 1.807) is 19.2 Å². The third kappa shape index (κ3) is 3.31. The minimum Gasteiger partial charge on any atom is -0.477 e. The van der Waals surface area contributed by atoms with E-state index in [0.717, 1.165) is 25.9 Å². The van der Waals surface area contributed by atoms with Gasteiger partial charge in [-0.05, 0) is 32.3 Å². The Bertz CT molecular complexity index is 763. The standard InChI is InChI=1S/C19H23N3O4/c1-14-11-15(21-26-14)18(23)22-9-6-16-19(12-22,7-4-10-24-16)13-25-17-5-2-3-8-20-17/h2-3,5,8,11,16H,4,6-7,9-10,12-13H2,1H3/t16-,19+/m0/s1. The van der Waals surface area contributed by atoms with Crippen LogP contribution in [-0.4, -0.2) is 53.4 Å². The number of hydrogen-bond acceptors (Lipinski definition) is 6. The summed E-state index contributed by atoms with van der Waals surface area (Å²) < 4.78 is 17.1. The molecule has 0 bridgehead atoms. The minimum absolute atomic E-state index is 0.0944. The van der Waals surface area contributed by atoms with Gasteiger partial charge in [0.05, 0.1) is 12.7 Å². The molecule has 0 N–H and O–H groups in total. The molecule has 2 aliphatic rings. The van der Waals surface area contributed by atoms with Crippen LogP contribution in [0.5, 0.6) is 5.88 Å². The average Bonchev–Trinajstić information content (AvgIpc) is 3.12. The van der Waals surface area contributed by atoms with Crippen LogP contribution in [0.2, 0.25) is 0 Å². The third-order valence-corrected chi connectivity index (χ3v) is 5.27. The number of fused-ring (bicyclic) bond motifs is 1. The van der Waals surface area contributed by atoms with Gasteiger partial charge in [0.1, 0.15) is 5.76 Å². The fourth-order valence-electron chi connectivity index (χ4n) is 3.95. The number of nitrogens with zero attached hydrogens (tertiary/aromatic N) is 3. The SMILES string of the molecule is Cc1cc(C(=O)N2CC[C@@H]3OCCC[C@]3(COc3ccccn3)C2)no1. The van der Waals surface area contributed by atoms with Crippen molar-refractivity contribution in [3.05, 3.63) is 41.9 Å². The number of hydrogen-bond donors (Lipinski definition) is 0. The van der Waals surface area contributed by atoms with Crippen molar-refractivity contribution < 1.29 is 18.8 Å². The summed E-state index contributed by atoms with van der Waals surface area (Å²) in [4.78, 5) is 18.9. The Kier molecular flexibility index (Phi) is 4.63. The topological polar surface area (TPSA) is 77.7 Å². The zero-order valence-electron chi connectivity index (χ0n) is 14.9. The molecule has 0 aliphatic carbocycles. The molecule has 0 spiro atoms. The molecule has 2 aliphatic heterocycles. The van der Waals surface area contributed by atoms with Crippen molar-refractivity contribution in [1.29, 1.82) is 0 Å². The van der Waals surface area contributed by atoms with Gasteiger partial charge in [0, 0.05) is 43.4 Å². The van der Waals surface area contributed by atoms with Crippen molar-refractivity contribution in [2.45, 2.75) is 32.3 Å². The molecule has 138 valence electrons. The second-order valence-electron chi connectivity index (χ2n) is 7.12. The first-order valence-corrected chi connectivity index (χ1v) is 9.04. The zero-order chi connectivity index (χ0) is 18.0. The Morgan fingerprint density at radius 1 is 1.46 bits per heavy atom. The molecule has 4 heterocycles. The minimum atomic E-state index is -0.220. The van der Waals surface area contributed by atoms with Gasteiger partial charge in [0.25, 0.3) is 5.91 Å². The predicted molar refractivity (Wildman–Crippen MR) is 92.9 cm³/mol. The quantitative estimate of drug-likeness (QED) is 0.836. The van der Waals surface area contributed by atoms with Crippen molar-refractivity contribution in [2.75, 3.05) is 26.3 Å². The van der Waals surface area contributed by atoms with Gasteiger partial charge in [0.2, 0.25) is 5.88 Å². The van der Waals surface area contributed by atoms with E-state index >= 15 is 0 Å². The van der Waals surface area contributed by atoms with Gasteiger partial charge in [-0.2, -0.15) is 0 Å². The summed E-state index contributed by atoms with van der Waals surface area (Å²) in [5.74, 6) is 1.14. The smallest absolute Gasteiger partial charge is 0.276 e. The lowest BCUT2D eigenvalue weighted by atomic mass is 9.73. The van der Waals surface area contributed by atoms with Crippen LogP contribution in [0.3, 0.4) is 0 Å². The molecule has 7 nitrogen and oxygen atoms in total. The molecular formula is C19H23N3O4. The summed E-state index contributed by atoms with van der Waals surface area (Å²) in [5, 5.41) is 3.87. The van der Waals surface area contributed by atoms with E-state index in [1.165, 1.54) is 0 Å². The molecule has 4 rings (SSSR count). The highest BCUT2D eigenvalue weighted by Crippen LogP contribution is 2.40. The largest absolute Gasteiger partial charge is 0.477 e. The molecule has 1 amide bonds. The highest BCUT2D eigenvalue weighted by Gasteiger charge is 2.48. The zero-order valence-corrected chi connectivity index (χ0v) is 14.9. The van der Waals surface area contributed by atoms with Crippen LogP contribution >= 0.6 is 0 Å². The van der Waals surface area contributed by atoms with E-state index in [4.69, 9.17) is 14.0 Å². The maximum absolute atomic E-state index is 12.8. The van der Waals surface area contributed by atoms with Gasteiger partial charge in [-0.25, -0.2) is 4.98 Å². The maximum atomic E-state index is 12.8. The predicted octanol–water partition coefficient (Wildman–Crippen LogP) is 2.47. The van der Waals surface area contributed by atoms with Gasteiger partial charge < -0.3 is 18.9 Å². The second-order valence-corrected chi connectivity index (χ2v) is 7.12. The van der Waals surface area contributed by atoms with Gasteiger partial charge in [-0.3, -0.25) is 4.79 Å². The number of likely N-dealkylation sites (tertiary alicyclic amines) is 1. The van der Waals surface area contributed by atoms with Crippen LogP contribution < -0.4 is 4.74 Å². The monoisotopic (exact) mass is 357 g/mol. The molecule has 2 aromatic rings. The second kappa shape index (κ2) is 7.07. The Hall–Kier alpha value is -2.41. The van der Waals surface area contributed by atoms with Crippen LogP contribution in [0.1, 0.15) is 35.5 Å². The lowest BCUT2D eigenvalue weighted by Crippen LogP contribution is -2.58. The molecular weight excluding hydrogens is 334 g/mol. The number of rotatable bonds is 4. The van der Waals surface area contributed by atoms with E-state index in [0.29, 0.717) is 37.0 Å². The molecule has 2 fully saturated rings. The fraction of sp³-hybridized carbons (Fsp3) is 0.526. The summed E-state index contributed by atoms with van der Waals surface area (Å²) in [6, 6.07) is 7.29. The number of ether oxygens (including phenoxy) is 2. The molecule has 2 saturated heterocycles. The average molecular weight is 357 g/mol. The summed E-state index contributed by atoms with van der Waals surface area (Å²) in [5.41, 5.74) is 0.140. The van der Waals surface area contributed by atoms with Crippen LogP contribution in [0.25, 0.3) is 0 Å². The third-order valence-electron chi connectivity index (χ3n) is 5.27. The number of aryl methyl sites for hydroxylation is 1. The lowest BCUT2D eigenvalue weighted by Gasteiger charge is -2.49. The highest BCUT2D eigenvalue weighted by molar-refractivity contribution is 5.92. The molecule has 0 aromatic carbocycles. The number of aromatic nitrogens is 2. The van der Waals surface area contributed by atoms with Crippen molar-refractivity contribution in [2.24, 2.45) is 5.41 Å². The van der Waals surface area contributed by atoms with Crippen LogP contribution in [0.15, 0.2) is 35.0 Å². The first-order valence-electron chi connectivity index (χ1n) is 9.04. The molecule has 2 atom stereocenters. The van der Waals surface area contributed by atoms with Crippen molar-refractivity contribution in [3.63, 3.8) is 0 Å². The van der Waals surface area contributed by atoms with Crippen molar-refractivity contribution >= 4 is 5.91 Å². The number of carbonyl (C=O) groups is 1. The summed E-state index contributed by atoms with van der Waals surface area (Å²) >= 11 is 0. The van der Waals surface area contributed by atoms with Crippen LogP contribution in [-0.2, 0) is 4.74 Å². The van der Waals surface area contributed by atoms with E-state index in [9.17, 15) is 4.79 Å². The molecule has 2 aromatic heterocycles. The van der Waals surface area contributed by atoms with Crippen molar-refractivity contribution in [3.8, 4) is 5.88 Å². The van der Waals surface area contributed by atoms with E-state index in [-0.39, 0.29) is 17.4 Å². The van der Waals surface area contributed by atoms with E-state index in [2.05, 4.69) is 10.1 Å². The van der Waals surface area contributed by atoms with Gasteiger partial charge >= 0.3 is 0 Å². The molecule has 0 saturated carbocycles. The highest BCUT2D eigenvalue weighted by atomic mass is 16.5. The van der Waals surface area contributed by atoms with Crippen LogP contribution in [0, 0.1) is 12.3 Å². The summed E-state index contributed by atoms with van der Waals surface area (Å²) in [6.45, 7) is 4.28. The maximum Gasteiger partial charge on any atom is 0.276 e. The number of amides is 1. The van der Waals surface area contributed by atoms with E-state index in [1.807, 2.05) is 23.1 Å². The molecule has 7 heteroatoms. The lowest BCUT2D eigenvalue weighted by molar-refractivity contribution is -0.133. The van der Waals surface area contributed by atoms with Crippen molar-refractivity contribution in [1.82, 2.24) is 15.0 Å². The summed E-state index contributed by atoms with van der Waals surface area (Å²) in [6.07, 6.45) is 4.54. The number of piperidine rings is 1. The Labute approximate surface area is 152 Å². The van der Waals surface area contributed by atoms with Gasteiger partial charge in [0.15, 0.2) is 5.69 Å². The van der Waals surface area contributed by atoms with Gasteiger partial charge in [-0.1, -0.05) is 11.2 Å². The molecule has 0 radical (unpaired) electrons. The Balaban J connectivity index is 1.51. The number of pyridine rings is 1. The Morgan fingerprint density at radius 3 is 3.15 bits per heavy atom. The number of carbonyl (C=O) groups excluding carboxylic acids is 1. The van der Waals surface area contributed by atoms with Gasteiger partial charge in [-0.15, -0.1) is 0 Å². The first kappa shape index (κ1) is 17.0. The van der Waals surface area contributed by atoms with Crippen LogP contribution in [0.4, 0.5) is 0 Å². The van der Waals surface area contributed by atoms with E-state index < -0.39 is 0 Å². The molecule has 0 unspecified atom stereocenters. The molecule has 26 heavy (non-hydrogen) atoms. The normalized spacial score (nSPS) is 25.6. The summed E-state index contributed by atoms with van der Waals surface area (Å²) in [7, 11) is 0. The fourth-order valence-corrected chi connectivity index (χ4v) is 3.95. The first-order chi connectivity index (χ1) is 12.7. The Morgan fingerprint density at radius 2 is 2.38 bits per heavy atom.